The number of aliphatic hydroxyl groups excluding tert-OH is 1. The van der Waals surface area contributed by atoms with E-state index in [4.69, 9.17) is 9.84 Å². The second-order valence-corrected chi connectivity index (χ2v) is 3.88. The Morgan fingerprint density at radius 3 is 3.00 bits per heavy atom. The van der Waals surface area contributed by atoms with Gasteiger partial charge >= 0.3 is 0 Å². The minimum atomic E-state index is 0.00704. The van der Waals surface area contributed by atoms with Crippen LogP contribution in [-0.4, -0.2) is 24.7 Å². The van der Waals surface area contributed by atoms with Crippen LogP contribution in [0.25, 0.3) is 0 Å². The number of hydrogen-bond acceptors (Lipinski definition) is 3. The van der Waals surface area contributed by atoms with Crippen LogP contribution in [0.5, 0.6) is 5.75 Å². The number of nitrogens with one attached hydrogen (secondary N) is 1. The zero-order chi connectivity index (χ0) is 11.5. The van der Waals surface area contributed by atoms with Gasteiger partial charge in [-0.1, -0.05) is 6.07 Å². The normalized spacial score (nSPS) is 13.5. The van der Waals surface area contributed by atoms with E-state index in [0.29, 0.717) is 12.2 Å². The van der Waals surface area contributed by atoms with Gasteiger partial charge in [0.05, 0.1) is 19.2 Å². The number of carbonyl (C=O) groups is 1. The third-order valence-corrected chi connectivity index (χ3v) is 2.70. The van der Waals surface area contributed by atoms with Gasteiger partial charge in [0.1, 0.15) is 5.75 Å². The minimum absolute atomic E-state index is 0.00704. The number of carbonyl (C=O) groups excluding carboxylic acids is 1. The number of aryl methyl sites for hydroxylation is 1. The molecule has 4 nitrogen and oxygen atoms in total. The maximum absolute atomic E-state index is 11.3. The molecule has 0 spiro atoms. The predicted molar refractivity (Wildman–Crippen MR) is 60.7 cm³/mol. The molecule has 0 aromatic heterocycles. The molecule has 0 unspecified atom stereocenters. The summed E-state index contributed by atoms with van der Waals surface area (Å²) in [5.41, 5.74) is 2.87. The van der Waals surface area contributed by atoms with Crippen molar-refractivity contribution < 1.29 is 14.6 Å². The highest BCUT2D eigenvalue weighted by Gasteiger charge is 2.22. The maximum Gasteiger partial charge on any atom is 0.228 e. The van der Waals surface area contributed by atoms with E-state index in [2.05, 4.69) is 5.32 Å². The summed E-state index contributed by atoms with van der Waals surface area (Å²) in [5.74, 6) is 0.712. The molecule has 1 aromatic carbocycles. The van der Waals surface area contributed by atoms with Crippen molar-refractivity contribution in [3.05, 3.63) is 23.3 Å². The zero-order valence-corrected chi connectivity index (χ0v) is 9.25. The van der Waals surface area contributed by atoms with Gasteiger partial charge in [0, 0.05) is 6.61 Å². The molecule has 0 fully saturated rings. The van der Waals surface area contributed by atoms with E-state index in [1.807, 2.05) is 12.1 Å². The highest BCUT2D eigenvalue weighted by Crippen LogP contribution is 2.34. The largest absolute Gasteiger partial charge is 0.495 e. The number of anilines is 1. The lowest BCUT2D eigenvalue weighted by Crippen LogP contribution is -2.04. The molecule has 0 aliphatic carbocycles. The van der Waals surface area contributed by atoms with E-state index in [0.717, 1.165) is 29.7 Å². The molecule has 0 bridgehead atoms. The van der Waals surface area contributed by atoms with Crippen LogP contribution >= 0.6 is 0 Å². The van der Waals surface area contributed by atoms with Crippen LogP contribution in [0, 0.1) is 0 Å². The fourth-order valence-electron chi connectivity index (χ4n) is 1.96. The first-order valence-electron chi connectivity index (χ1n) is 5.35. The Labute approximate surface area is 94.2 Å². The zero-order valence-electron chi connectivity index (χ0n) is 9.25. The molecule has 2 rings (SSSR count). The molecular formula is C12H15NO3. The second-order valence-electron chi connectivity index (χ2n) is 3.88. The number of benzene rings is 1. The van der Waals surface area contributed by atoms with Gasteiger partial charge in [-0.2, -0.15) is 0 Å². The quantitative estimate of drug-likeness (QED) is 0.800. The fourth-order valence-corrected chi connectivity index (χ4v) is 1.96. The Balaban J connectivity index is 2.31. The Bertz CT molecular complexity index is 415. The average Bonchev–Trinajstić information content (AvgIpc) is 2.65. The molecule has 0 atom stereocenters. The van der Waals surface area contributed by atoms with Gasteiger partial charge in [0.25, 0.3) is 0 Å². The molecule has 0 saturated carbocycles. The molecule has 0 saturated heterocycles. The first-order valence-corrected chi connectivity index (χ1v) is 5.35. The van der Waals surface area contributed by atoms with E-state index in [-0.39, 0.29) is 12.5 Å². The first kappa shape index (κ1) is 11.0. The third-order valence-electron chi connectivity index (χ3n) is 2.70. The number of methoxy groups -OCH3 is 1. The molecule has 1 aliphatic heterocycles. The van der Waals surface area contributed by atoms with Crippen molar-refractivity contribution in [3.63, 3.8) is 0 Å². The van der Waals surface area contributed by atoms with Crippen molar-refractivity contribution in [2.24, 2.45) is 0 Å². The van der Waals surface area contributed by atoms with Gasteiger partial charge < -0.3 is 15.2 Å². The molecule has 0 radical (unpaired) electrons. The fraction of sp³-hybridized carbons (Fsp3) is 0.417. The third kappa shape index (κ3) is 2.02. The average molecular weight is 221 g/mol. The Morgan fingerprint density at radius 1 is 1.50 bits per heavy atom. The number of aliphatic hydroxyl groups is 1. The summed E-state index contributed by atoms with van der Waals surface area (Å²) < 4.78 is 5.25. The van der Waals surface area contributed by atoms with E-state index < -0.39 is 0 Å². The van der Waals surface area contributed by atoms with Crippen molar-refractivity contribution in [1.82, 2.24) is 0 Å². The predicted octanol–water partition coefficient (Wildman–Crippen LogP) is 1.11. The maximum atomic E-state index is 11.3. The minimum Gasteiger partial charge on any atom is -0.495 e. The number of ether oxygens (including phenoxy) is 1. The summed E-state index contributed by atoms with van der Waals surface area (Å²) in [6.45, 7) is 0.177. The summed E-state index contributed by atoms with van der Waals surface area (Å²) >= 11 is 0. The van der Waals surface area contributed by atoms with Crippen molar-refractivity contribution in [2.45, 2.75) is 19.3 Å². The van der Waals surface area contributed by atoms with Crippen LogP contribution in [0.1, 0.15) is 17.5 Å². The number of rotatable bonds is 4. The highest BCUT2D eigenvalue weighted by atomic mass is 16.5. The first-order chi connectivity index (χ1) is 7.74. The van der Waals surface area contributed by atoms with Crippen LogP contribution in [0.4, 0.5) is 5.69 Å². The molecular weight excluding hydrogens is 206 g/mol. The molecule has 16 heavy (non-hydrogen) atoms. The Hall–Kier alpha value is -1.55. The number of hydrogen-bond donors (Lipinski definition) is 2. The van der Waals surface area contributed by atoms with Crippen molar-refractivity contribution in [1.29, 1.82) is 0 Å². The highest BCUT2D eigenvalue weighted by molar-refractivity contribution is 6.01. The van der Waals surface area contributed by atoms with Gasteiger partial charge in [-0.3, -0.25) is 4.79 Å². The van der Waals surface area contributed by atoms with Gasteiger partial charge in [-0.25, -0.2) is 0 Å². The SMILES string of the molecule is COc1cc(CCCO)cc2c1NC(=O)C2. The molecule has 1 amide bonds. The standard InChI is InChI=1S/C12H15NO3/c1-16-10-6-8(3-2-4-14)5-9-7-11(15)13-12(9)10/h5-6,14H,2-4,7H2,1H3,(H,13,15). The molecule has 1 aromatic rings. The lowest BCUT2D eigenvalue weighted by molar-refractivity contribution is -0.115. The van der Waals surface area contributed by atoms with E-state index in [1.165, 1.54) is 0 Å². The van der Waals surface area contributed by atoms with E-state index >= 15 is 0 Å². The summed E-state index contributed by atoms with van der Waals surface area (Å²) in [6, 6.07) is 3.92. The molecule has 1 heterocycles. The van der Waals surface area contributed by atoms with Crippen LogP contribution in [0.2, 0.25) is 0 Å². The summed E-state index contributed by atoms with van der Waals surface area (Å²) in [5, 5.41) is 11.6. The van der Waals surface area contributed by atoms with E-state index in [1.54, 1.807) is 7.11 Å². The number of fused-ring (bicyclic) bond motifs is 1. The molecule has 86 valence electrons. The monoisotopic (exact) mass is 221 g/mol. The topological polar surface area (TPSA) is 58.6 Å². The molecule has 1 aliphatic rings. The van der Waals surface area contributed by atoms with Crippen molar-refractivity contribution >= 4 is 11.6 Å². The van der Waals surface area contributed by atoms with Crippen LogP contribution < -0.4 is 10.1 Å². The second kappa shape index (κ2) is 4.53. The van der Waals surface area contributed by atoms with Crippen molar-refractivity contribution in [2.75, 3.05) is 19.0 Å². The molecule has 2 N–H and O–H groups in total. The lowest BCUT2D eigenvalue weighted by atomic mass is 10.0. The van der Waals surface area contributed by atoms with Gasteiger partial charge in [-0.05, 0) is 30.0 Å². The summed E-state index contributed by atoms with van der Waals surface area (Å²) in [6.07, 6.45) is 1.94. The van der Waals surface area contributed by atoms with Crippen LogP contribution in [0.3, 0.4) is 0 Å². The van der Waals surface area contributed by atoms with Gasteiger partial charge in [-0.15, -0.1) is 0 Å². The van der Waals surface area contributed by atoms with E-state index in [9.17, 15) is 4.79 Å². The molecule has 4 heteroatoms. The summed E-state index contributed by atoms with van der Waals surface area (Å²) in [7, 11) is 1.59. The number of amides is 1. The van der Waals surface area contributed by atoms with Crippen LogP contribution in [0.15, 0.2) is 12.1 Å². The van der Waals surface area contributed by atoms with Gasteiger partial charge in [0.2, 0.25) is 5.91 Å². The van der Waals surface area contributed by atoms with Gasteiger partial charge in [0.15, 0.2) is 0 Å². The smallest absolute Gasteiger partial charge is 0.228 e. The summed E-state index contributed by atoms with van der Waals surface area (Å²) in [4.78, 5) is 11.3. The Morgan fingerprint density at radius 2 is 2.31 bits per heavy atom. The Kier molecular flexibility index (Phi) is 3.10. The van der Waals surface area contributed by atoms with Crippen LogP contribution in [-0.2, 0) is 17.6 Å². The van der Waals surface area contributed by atoms with Crippen molar-refractivity contribution in [3.8, 4) is 5.75 Å². The lowest BCUT2D eigenvalue weighted by Gasteiger charge is -2.09.